The van der Waals surface area contributed by atoms with Gasteiger partial charge in [-0.1, -0.05) is 48.6 Å². The van der Waals surface area contributed by atoms with Gasteiger partial charge in [-0.2, -0.15) is 54.1 Å². The third-order valence-corrected chi connectivity index (χ3v) is 10.2. The first-order valence-electron chi connectivity index (χ1n) is 12.9. The molecule has 20 heteroatoms. The summed E-state index contributed by atoms with van der Waals surface area (Å²) in [6.07, 6.45) is 4.54. The minimum Gasteiger partial charge on any atom is -0.282 e. The van der Waals surface area contributed by atoms with E-state index in [1.807, 2.05) is 0 Å². The lowest BCUT2D eigenvalue weighted by Crippen LogP contribution is -2.02. The zero-order valence-electron chi connectivity index (χ0n) is 23.7. The molecule has 4 N–H and O–H groups in total. The molecule has 10 heterocycles. The topological polar surface area (TPSA) is 267 Å². The summed E-state index contributed by atoms with van der Waals surface area (Å²) >= 11 is 0. The van der Waals surface area contributed by atoms with E-state index in [4.69, 9.17) is 0 Å². The molecule has 14 rings (SSSR count). The maximum Gasteiger partial charge on any atom is 0.295 e. The van der Waals surface area contributed by atoms with Gasteiger partial charge in [0.2, 0.25) is 0 Å². The number of hydrogen-bond donors (Lipinski definition) is 4. The first-order chi connectivity index (χ1) is 22.3. The molecule has 0 spiro atoms. The Bertz CT molecular complexity index is 2210. The Morgan fingerprint density at radius 2 is 0.521 bits per heavy atom. The van der Waals surface area contributed by atoms with Crippen molar-refractivity contribution in [1.82, 2.24) is 0 Å². The van der Waals surface area contributed by atoms with Crippen LogP contribution < -0.4 is 0 Å². The molecule has 248 valence electrons. The molecule has 10 aliphatic rings. The monoisotopic (exact) mass is 732 g/mol. The van der Waals surface area contributed by atoms with Crippen molar-refractivity contribution < 1.29 is 51.9 Å². The highest BCUT2D eigenvalue weighted by Gasteiger charge is 2.20. The van der Waals surface area contributed by atoms with Gasteiger partial charge in [-0.25, -0.2) is 0 Å². The molecule has 0 atom stereocenters. The fourth-order valence-corrected chi connectivity index (χ4v) is 7.19. The van der Waals surface area contributed by atoms with Crippen LogP contribution in [-0.4, -0.2) is 51.9 Å². The van der Waals surface area contributed by atoms with Crippen LogP contribution in [0.25, 0.3) is 24.3 Å². The lowest BCUT2D eigenvalue weighted by Gasteiger charge is -2.08. The van der Waals surface area contributed by atoms with Gasteiger partial charge in [0, 0.05) is 0 Å². The maximum absolute atomic E-state index is 12.2. The Morgan fingerprint density at radius 3 is 0.688 bits per heavy atom. The number of rotatable bonds is 4. The van der Waals surface area contributed by atoms with E-state index in [0.717, 1.165) is 48.6 Å². The van der Waals surface area contributed by atoms with E-state index in [1.165, 1.54) is 48.5 Å². The van der Waals surface area contributed by atoms with E-state index in [-0.39, 0.29) is 45.0 Å². The maximum atomic E-state index is 12.2. The number of azo groups is 2. The fraction of sp³-hybridized carbons (Fsp3) is 0. The van der Waals surface area contributed by atoms with Crippen LogP contribution in [0.2, 0.25) is 0 Å². The second kappa shape index (κ2) is 12.7. The molecule has 16 nitrogen and oxygen atoms in total. The van der Waals surface area contributed by atoms with Crippen LogP contribution >= 0.6 is 0 Å². The highest BCUT2D eigenvalue weighted by atomic mass is 32.2. The Labute approximate surface area is 273 Å². The van der Waals surface area contributed by atoms with Crippen LogP contribution in [0.4, 0.5) is 22.7 Å². The molecule has 0 saturated heterocycles. The molecular weight excluding hydrogens is 713 g/mol. The SMILES string of the molecule is O=S(=O)(O)c1cc2ccc1/C=C\c1ccc(cc1S(=O)(=O)O)N=Nc1ccc(c(S(=O)(=O)O)c1)/C=C/c1ccc(cc1S(=O)(=O)O)N=N2. The summed E-state index contributed by atoms with van der Waals surface area (Å²) < 4.78 is 137. The van der Waals surface area contributed by atoms with Gasteiger partial charge in [0.05, 0.1) is 22.7 Å². The zero-order valence-corrected chi connectivity index (χ0v) is 27.0. The van der Waals surface area contributed by atoms with Crippen molar-refractivity contribution in [3.8, 4) is 0 Å². The Balaban J connectivity index is 1.77. The molecule has 0 radical (unpaired) electrons. The molecule has 0 unspecified atom stereocenters. The minimum absolute atomic E-state index is 0.124. The minimum atomic E-state index is -4.89. The predicted octanol–water partition coefficient (Wildman–Crippen LogP) is 6.16. The van der Waals surface area contributed by atoms with Crippen molar-refractivity contribution >= 4 is 87.5 Å². The molecule has 0 saturated carbocycles. The molecule has 4 aromatic carbocycles. The molecule has 0 aromatic heterocycles. The van der Waals surface area contributed by atoms with Crippen molar-refractivity contribution in [2.45, 2.75) is 19.6 Å². The highest BCUT2D eigenvalue weighted by molar-refractivity contribution is 7.86. The molecule has 0 fully saturated rings. The van der Waals surface area contributed by atoms with Crippen LogP contribution in [-0.2, 0) is 40.5 Å². The summed E-state index contributed by atoms with van der Waals surface area (Å²) in [5.74, 6) is 0. The van der Waals surface area contributed by atoms with Crippen LogP contribution in [0, 0.1) is 0 Å². The van der Waals surface area contributed by atoms with Gasteiger partial charge < -0.3 is 0 Å². The van der Waals surface area contributed by atoms with Crippen molar-refractivity contribution in [3.63, 3.8) is 0 Å². The molecule has 48 heavy (non-hydrogen) atoms. The molecule has 8 bridgehead atoms. The van der Waals surface area contributed by atoms with Crippen molar-refractivity contribution in [2.75, 3.05) is 0 Å². The standard InChI is InChI=1S/C28H20N4O12S4/c33-45(34,35)25-13-21-9-5-17(25)1-2-18-6-10-22(14-26(18)46(36,37)38)30-32-24-12-8-20(28(16-24)48(42,43)44)4-3-19-7-11-23(31-29-21)15-27(19)47(39,40)41/h1-16H,(H,33,34,35)(H,36,37,38)(H,39,40,41)(H,42,43,44)/b2-1-,4-3+,17-1?,18-2?,19-3?,20-4?,29-21?,30-22?,31-23?,31-29?,32-24?,32-30?. The normalized spacial score (nSPS) is 15.1. The Hall–Kier alpha value is -4.80. The summed E-state index contributed by atoms with van der Waals surface area (Å²) in [6, 6.07) is 13.7. The molecule has 0 aliphatic carbocycles. The van der Waals surface area contributed by atoms with Gasteiger partial charge in [0.15, 0.2) is 0 Å². The van der Waals surface area contributed by atoms with Crippen molar-refractivity contribution in [1.29, 1.82) is 0 Å². The van der Waals surface area contributed by atoms with Gasteiger partial charge in [0.1, 0.15) is 19.6 Å². The van der Waals surface area contributed by atoms with Gasteiger partial charge in [-0.05, 0) is 70.8 Å². The summed E-state index contributed by atoms with van der Waals surface area (Å²) in [7, 11) is -19.5. The first kappa shape index (κ1) is 34.5. The quantitative estimate of drug-likeness (QED) is 0.151. The van der Waals surface area contributed by atoms with Crippen molar-refractivity contribution in [2.24, 2.45) is 20.5 Å². The average Bonchev–Trinajstić information content (AvgIpc) is 2.99. The van der Waals surface area contributed by atoms with Crippen molar-refractivity contribution in [3.05, 3.63) is 95.1 Å². The number of hydrogen-bond acceptors (Lipinski definition) is 12. The lowest BCUT2D eigenvalue weighted by atomic mass is 10.1. The fourth-order valence-electron chi connectivity index (χ4n) is 4.38. The van der Waals surface area contributed by atoms with Gasteiger partial charge in [0.25, 0.3) is 40.5 Å². The smallest absolute Gasteiger partial charge is 0.282 e. The first-order valence-corrected chi connectivity index (χ1v) is 18.7. The van der Waals surface area contributed by atoms with E-state index < -0.39 is 60.1 Å². The summed E-state index contributed by atoms with van der Waals surface area (Å²) in [5.41, 5.74) is -1.00. The third-order valence-electron chi connectivity index (χ3n) is 6.55. The molecular formula is C28H20N4O12S4. The van der Waals surface area contributed by atoms with Crippen LogP contribution in [0.3, 0.4) is 0 Å². The predicted molar refractivity (Wildman–Crippen MR) is 171 cm³/mol. The van der Waals surface area contributed by atoms with E-state index in [9.17, 15) is 51.9 Å². The molecule has 4 aromatic rings. The van der Waals surface area contributed by atoms with Crippen LogP contribution in [0.5, 0.6) is 0 Å². The van der Waals surface area contributed by atoms with E-state index >= 15 is 0 Å². The highest BCUT2D eigenvalue weighted by Crippen LogP contribution is 2.32. The van der Waals surface area contributed by atoms with Crippen LogP contribution in [0.15, 0.2) is 113 Å². The second-order valence-corrected chi connectivity index (χ2v) is 15.4. The van der Waals surface area contributed by atoms with Crippen LogP contribution in [0.1, 0.15) is 22.3 Å². The van der Waals surface area contributed by atoms with Gasteiger partial charge in [-0.3, -0.25) is 18.2 Å². The van der Waals surface area contributed by atoms with Gasteiger partial charge >= 0.3 is 0 Å². The van der Waals surface area contributed by atoms with E-state index in [1.54, 1.807) is 0 Å². The Morgan fingerprint density at radius 1 is 0.333 bits per heavy atom. The zero-order chi connectivity index (χ0) is 35.1. The largest absolute Gasteiger partial charge is 0.295 e. The summed E-state index contributed by atoms with van der Waals surface area (Å²) in [5, 5.41) is 15.5. The lowest BCUT2D eigenvalue weighted by molar-refractivity contribution is 0.480. The number of nitrogens with zero attached hydrogens (tertiary/aromatic N) is 4. The van der Waals surface area contributed by atoms with E-state index in [2.05, 4.69) is 20.5 Å². The second-order valence-electron chi connectivity index (χ2n) is 9.86. The molecule has 0 amide bonds. The third kappa shape index (κ3) is 8.00. The molecule has 10 aliphatic heterocycles. The summed E-state index contributed by atoms with van der Waals surface area (Å²) in [6.45, 7) is 0. The number of benzene rings is 4. The average molecular weight is 733 g/mol. The summed E-state index contributed by atoms with van der Waals surface area (Å²) in [4.78, 5) is -2.62. The van der Waals surface area contributed by atoms with E-state index in [0.29, 0.717) is 0 Å². The van der Waals surface area contributed by atoms with Gasteiger partial charge in [-0.15, -0.1) is 0 Å². The Kier molecular flexibility index (Phi) is 9.11.